The minimum absolute atomic E-state index is 0.153. The molecule has 0 heterocycles. The van der Waals surface area contributed by atoms with Crippen molar-refractivity contribution in [3.63, 3.8) is 0 Å². The third-order valence-electron chi connectivity index (χ3n) is 4.53. The Kier molecular flexibility index (Phi) is 7.59. The highest BCUT2D eigenvalue weighted by atomic mass is 16.6. The van der Waals surface area contributed by atoms with Crippen LogP contribution in [-0.4, -0.2) is 31.8 Å². The second-order valence-electron chi connectivity index (χ2n) is 7.01. The highest BCUT2D eigenvalue weighted by Gasteiger charge is 2.13. The molecule has 0 saturated carbocycles. The molecule has 3 aromatic carbocycles. The van der Waals surface area contributed by atoms with Gasteiger partial charge in [0.25, 0.3) is 5.91 Å². The van der Waals surface area contributed by atoms with Crippen molar-refractivity contribution in [3.05, 3.63) is 89.0 Å². The largest absolute Gasteiger partial charge is 0.493 e. The van der Waals surface area contributed by atoms with E-state index >= 15 is 0 Å². The van der Waals surface area contributed by atoms with Crippen LogP contribution in [0.25, 0.3) is 0 Å². The standard InChI is InChI=1S/C25H24N2O5/c1-17-8-11-20(12-9-17)25(29)32-22-13-10-19(14-23(22)30-3)15-26-27-24(28)16-31-21-7-5-4-6-18(21)2/h4-15H,16H2,1-3H3,(H,27,28)/b26-15-. The molecule has 164 valence electrons. The molecule has 0 unspecified atom stereocenters. The number of hydrogen-bond donors (Lipinski definition) is 1. The molecule has 7 nitrogen and oxygen atoms in total. The number of amides is 1. The summed E-state index contributed by atoms with van der Waals surface area (Å²) in [7, 11) is 1.48. The van der Waals surface area contributed by atoms with Crippen molar-refractivity contribution < 1.29 is 23.8 Å². The van der Waals surface area contributed by atoms with Crippen LogP contribution < -0.4 is 19.6 Å². The molecule has 32 heavy (non-hydrogen) atoms. The van der Waals surface area contributed by atoms with Crippen molar-refractivity contribution in [3.8, 4) is 17.2 Å². The van der Waals surface area contributed by atoms with Gasteiger partial charge >= 0.3 is 5.97 Å². The molecule has 0 atom stereocenters. The van der Waals surface area contributed by atoms with E-state index in [4.69, 9.17) is 14.2 Å². The van der Waals surface area contributed by atoms with Crippen LogP contribution in [0.4, 0.5) is 0 Å². The van der Waals surface area contributed by atoms with Crippen LogP contribution in [-0.2, 0) is 4.79 Å². The predicted octanol–water partition coefficient (Wildman–Crippen LogP) is 4.06. The van der Waals surface area contributed by atoms with Crippen LogP contribution in [0.5, 0.6) is 17.2 Å². The zero-order valence-corrected chi connectivity index (χ0v) is 18.1. The number of aryl methyl sites for hydroxylation is 2. The summed E-state index contributed by atoms with van der Waals surface area (Å²) in [5.41, 5.74) is 5.50. The Labute approximate surface area is 186 Å². The van der Waals surface area contributed by atoms with Crippen molar-refractivity contribution in [2.45, 2.75) is 13.8 Å². The number of para-hydroxylation sites is 1. The van der Waals surface area contributed by atoms with E-state index in [1.54, 1.807) is 36.4 Å². The van der Waals surface area contributed by atoms with E-state index in [9.17, 15) is 9.59 Å². The number of methoxy groups -OCH3 is 1. The van der Waals surface area contributed by atoms with Crippen LogP contribution in [0.2, 0.25) is 0 Å². The lowest BCUT2D eigenvalue weighted by Gasteiger charge is -2.10. The van der Waals surface area contributed by atoms with Gasteiger partial charge in [0.15, 0.2) is 18.1 Å². The summed E-state index contributed by atoms with van der Waals surface area (Å²) >= 11 is 0. The fourth-order valence-electron chi connectivity index (χ4n) is 2.77. The molecule has 3 aromatic rings. The van der Waals surface area contributed by atoms with E-state index in [-0.39, 0.29) is 18.3 Å². The van der Waals surface area contributed by atoms with Gasteiger partial charge in [-0.3, -0.25) is 4.79 Å². The number of hydrogen-bond acceptors (Lipinski definition) is 6. The molecule has 0 bridgehead atoms. The third-order valence-corrected chi connectivity index (χ3v) is 4.53. The van der Waals surface area contributed by atoms with Gasteiger partial charge in [0, 0.05) is 0 Å². The summed E-state index contributed by atoms with van der Waals surface area (Å²) in [6, 6.07) is 19.5. The molecule has 0 saturated heterocycles. The zero-order valence-electron chi connectivity index (χ0n) is 18.1. The summed E-state index contributed by atoms with van der Waals surface area (Å²) in [5, 5.41) is 3.93. The maximum atomic E-state index is 12.3. The Morgan fingerprint density at radius 2 is 1.69 bits per heavy atom. The van der Waals surface area contributed by atoms with Gasteiger partial charge in [0.1, 0.15) is 5.75 Å². The zero-order chi connectivity index (χ0) is 22.9. The van der Waals surface area contributed by atoms with E-state index < -0.39 is 5.97 Å². The van der Waals surface area contributed by atoms with Crippen LogP contribution in [0.1, 0.15) is 27.0 Å². The van der Waals surface area contributed by atoms with Crippen LogP contribution in [0.15, 0.2) is 71.8 Å². The molecule has 3 rings (SSSR count). The SMILES string of the molecule is COc1cc(/C=N\NC(=O)COc2ccccc2C)ccc1OC(=O)c1ccc(C)cc1. The molecule has 0 aromatic heterocycles. The summed E-state index contributed by atoms with van der Waals surface area (Å²) < 4.78 is 16.2. The van der Waals surface area contributed by atoms with Crippen LogP contribution in [0, 0.1) is 13.8 Å². The maximum absolute atomic E-state index is 12.3. The van der Waals surface area contributed by atoms with Gasteiger partial charge in [0.2, 0.25) is 0 Å². The monoisotopic (exact) mass is 432 g/mol. The highest BCUT2D eigenvalue weighted by molar-refractivity contribution is 5.91. The fraction of sp³-hybridized carbons (Fsp3) is 0.160. The number of nitrogens with one attached hydrogen (secondary N) is 1. The van der Waals surface area contributed by atoms with E-state index in [0.29, 0.717) is 22.6 Å². The average molecular weight is 432 g/mol. The predicted molar refractivity (Wildman–Crippen MR) is 122 cm³/mol. The summed E-state index contributed by atoms with van der Waals surface area (Å²) in [6.45, 7) is 3.69. The molecular weight excluding hydrogens is 408 g/mol. The first-order valence-electron chi connectivity index (χ1n) is 9.93. The number of hydrazone groups is 1. The first-order valence-corrected chi connectivity index (χ1v) is 9.93. The number of carbonyl (C=O) groups excluding carboxylic acids is 2. The third kappa shape index (κ3) is 6.18. The topological polar surface area (TPSA) is 86.2 Å². The quantitative estimate of drug-likeness (QED) is 0.251. The minimum atomic E-state index is -0.481. The van der Waals surface area contributed by atoms with E-state index in [1.807, 2.05) is 44.2 Å². The van der Waals surface area contributed by atoms with Crippen molar-refractivity contribution >= 4 is 18.1 Å². The van der Waals surface area contributed by atoms with Gasteiger partial charge in [-0.25, -0.2) is 10.2 Å². The molecule has 1 amide bonds. The second kappa shape index (κ2) is 10.8. The molecule has 7 heteroatoms. The number of ether oxygens (including phenoxy) is 3. The Morgan fingerprint density at radius 1 is 0.938 bits per heavy atom. The van der Waals surface area contributed by atoms with Gasteiger partial charge in [-0.2, -0.15) is 5.10 Å². The van der Waals surface area contributed by atoms with Crippen molar-refractivity contribution in [1.82, 2.24) is 5.43 Å². The van der Waals surface area contributed by atoms with E-state index in [0.717, 1.165) is 11.1 Å². The number of benzene rings is 3. The number of esters is 1. The second-order valence-corrected chi connectivity index (χ2v) is 7.01. The molecule has 0 radical (unpaired) electrons. The number of carbonyl (C=O) groups is 2. The lowest BCUT2D eigenvalue weighted by Crippen LogP contribution is -2.24. The summed E-state index contributed by atoms with van der Waals surface area (Å²) in [4.78, 5) is 24.3. The normalized spacial score (nSPS) is 10.6. The van der Waals surface area contributed by atoms with Gasteiger partial charge in [0.05, 0.1) is 18.9 Å². The van der Waals surface area contributed by atoms with Gasteiger partial charge < -0.3 is 14.2 Å². The summed E-state index contributed by atoms with van der Waals surface area (Å²) in [5.74, 6) is 0.424. The fourth-order valence-corrected chi connectivity index (χ4v) is 2.77. The molecule has 0 aliphatic carbocycles. The van der Waals surface area contributed by atoms with E-state index in [1.165, 1.54) is 13.3 Å². The number of nitrogens with zero attached hydrogens (tertiary/aromatic N) is 1. The van der Waals surface area contributed by atoms with Crippen molar-refractivity contribution in [2.24, 2.45) is 5.10 Å². The first-order chi connectivity index (χ1) is 15.5. The number of rotatable bonds is 8. The Hall–Kier alpha value is -4.13. The average Bonchev–Trinajstić information content (AvgIpc) is 2.79. The minimum Gasteiger partial charge on any atom is -0.493 e. The van der Waals surface area contributed by atoms with E-state index in [2.05, 4.69) is 10.5 Å². The van der Waals surface area contributed by atoms with Gasteiger partial charge in [-0.05, 0) is 61.4 Å². The summed E-state index contributed by atoms with van der Waals surface area (Å²) in [6.07, 6.45) is 1.46. The van der Waals surface area contributed by atoms with Crippen LogP contribution >= 0.6 is 0 Å². The molecule has 0 aliphatic heterocycles. The highest BCUT2D eigenvalue weighted by Crippen LogP contribution is 2.28. The van der Waals surface area contributed by atoms with Gasteiger partial charge in [-0.15, -0.1) is 0 Å². The Morgan fingerprint density at radius 3 is 2.41 bits per heavy atom. The maximum Gasteiger partial charge on any atom is 0.343 e. The van der Waals surface area contributed by atoms with Gasteiger partial charge in [-0.1, -0.05) is 35.9 Å². The molecular formula is C25H24N2O5. The lowest BCUT2D eigenvalue weighted by atomic mass is 10.1. The van der Waals surface area contributed by atoms with Crippen molar-refractivity contribution in [1.29, 1.82) is 0 Å². The first kappa shape index (κ1) is 22.6. The Bertz CT molecular complexity index is 1120. The molecule has 0 aliphatic rings. The molecule has 1 N–H and O–H groups in total. The molecule has 0 fully saturated rings. The van der Waals surface area contributed by atoms with Crippen LogP contribution in [0.3, 0.4) is 0 Å². The lowest BCUT2D eigenvalue weighted by molar-refractivity contribution is -0.123. The molecule has 0 spiro atoms. The van der Waals surface area contributed by atoms with Crippen molar-refractivity contribution in [2.75, 3.05) is 13.7 Å². The Balaban J connectivity index is 1.57. The smallest absolute Gasteiger partial charge is 0.343 e.